The van der Waals surface area contributed by atoms with Crippen LogP contribution in [0.2, 0.25) is 0 Å². The molecule has 0 aromatic heterocycles. The van der Waals surface area contributed by atoms with E-state index in [1.165, 1.54) is 47.6 Å². The highest BCUT2D eigenvalue weighted by Gasteiger charge is 2.96. The number of rotatable bonds is 10. The van der Waals surface area contributed by atoms with Crippen molar-refractivity contribution in [3.63, 3.8) is 0 Å². The van der Waals surface area contributed by atoms with Gasteiger partial charge in [-0.2, -0.15) is 78.7 Å². The van der Waals surface area contributed by atoms with Crippen LogP contribution in [0.1, 0.15) is 52.7 Å². The van der Waals surface area contributed by atoms with Crippen molar-refractivity contribution in [3.8, 4) is 0 Å². The fourth-order valence-corrected chi connectivity index (χ4v) is 4.87. The van der Waals surface area contributed by atoms with Crippen molar-refractivity contribution in [2.45, 2.75) is 103 Å². The third kappa shape index (κ3) is 5.90. The molecule has 0 radical (unpaired) electrons. The summed E-state index contributed by atoms with van der Waals surface area (Å²) >= 11 is -1.60. The zero-order valence-electron chi connectivity index (χ0n) is 22.4. The zero-order chi connectivity index (χ0) is 35.1. The third-order valence-electron chi connectivity index (χ3n) is 5.92. The summed E-state index contributed by atoms with van der Waals surface area (Å²) in [5, 5.41) is -14.5. The van der Waals surface area contributed by atoms with Crippen LogP contribution < -0.4 is 0 Å². The molecule has 0 spiro atoms. The molecule has 21 heteroatoms. The minimum Gasteiger partial charge on any atom is -0.281 e. The fourth-order valence-electron chi connectivity index (χ4n) is 3.21. The summed E-state index contributed by atoms with van der Waals surface area (Å²) in [6, 6.07) is 3.07. The van der Waals surface area contributed by atoms with Crippen LogP contribution in [0.25, 0.3) is 0 Å². The molecule has 0 aliphatic rings. The molecule has 0 aliphatic heterocycles. The maximum Gasteiger partial charge on any atom is 0.438 e. The standard InChI is InChI=1S/C22H22F16O3S2/c1-13(2,3)10-7-8-11(14(4,5)6)12(9-10)42-21(35,36)19(31,32)17(27,28)15(23,24)16(25,26)18(29,30)20(33,34)22(37,38)43(39,40)41/h7-9H,1-6H3,(H,39,40,41). The van der Waals surface area contributed by atoms with E-state index in [-0.39, 0.29) is 11.1 Å². The smallest absolute Gasteiger partial charge is 0.281 e. The van der Waals surface area contributed by atoms with E-state index in [9.17, 15) is 78.7 Å². The number of benzene rings is 1. The Balaban J connectivity index is 3.87. The quantitative estimate of drug-likeness (QED) is 0.150. The minimum atomic E-state index is -8.81. The van der Waals surface area contributed by atoms with Crippen LogP contribution in [-0.2, 0) is 20.9 Å². The van der Waals surface area contributed by atoms with Gasteiger partial charge in [0.25, 0.3) is 0 Å². The summed E-state index contributed by atoms with van der Waals surface area (Å²) in [5.41, 5.74) is -2.48. The van der Waals surface area contributed by atoms with Crippen LogP contribution in [0, 0.1) is 0 Å². The van der Waals surface area contributed by atoms with Gasteiger partial charge in [0.05, 0.1) is 0 Å². The van der Waals surface area contributed by atoms with E-state index in [4.69, 9.17) is 4.55 Å². The molecule has 0 unspecified atom stereocenters. The summed E-state index contributed by atoms with van der Waals surface area (Å²) in [5.74, 6) is -50.9. The molecule has 1 aromatic carbocycles. The molecule has 1 N–H and O–H groups in total. The van der Waals surface area contributed by atoms with E-state index < -0.39 is 83.6 Å². The van der Waals surface area contributed by atoms with Crippen LogP contribution in [-0.4, -0.2) is 59.0 Å². The van der Waals surface area contributed by atoms with Crippen molar-refractivity contribution >= 4 is 21.9 Å². The first-order valence-electron chi connectivity index (χ1n) is 11.1. The van der Waals surface area contributed by atoms with Crippen molar-refractivity contribution in [2.75, 3.05) is 0 Å². The van der Waals surface area contributed by atoms with E-state index in [2.05, 4.69) is 0 Å². The number of hydrogen-bond acceptors (Lipinski definition) is 3. The van der Waals surface area contributed by atoms with Crippen molar-refractivity contribution in [1.29, 1.82) is 0 Å². The minimum absolute atomic E-state index is 0.0624. The van der Waals surface area contributed by atoms with E-state index in [1.54, 1.807) is 0 Å². The van der Waals surface area contributed by atoms with Crippen LogP contribution in [0.15, 0.2) is 23.1 Å². The van der Waals surface area contributed by atoms with Gasteiger partial charge >= 0.3 is 56.2 Å². The lowest BCUT2D eigenvalue weighted by atomic mass is 9.82. The summed E-state index contributed by atoms with van der Waals surface area (Å²) in [6.45, 7) is 8.23. The number of alkyl halides is 16. The third-order valence-corrected chi connectivity index (χ3v) is 7.90. The molecule has 0 atom stereocenters. The largest absolute Gasteiger partial charge is 0.438 e. The molecule has 252 valence electrons. The molecule has 3 nitrogen and oxygen atoms in total. The lowest BCUT2D eigenvalue weighted by molar-refractivity contribution is -0.443. The molecule has 0 heterocycles. The van der Waals surface area contributed by atoms with Gasteiger partial charge in [-0.1, -0.05) is 53.7 Å². The SMILES string of the molecule is CC(C)(C)c1ccc(C(C)(C)C)c(SC(F)(F)C(F)(F)C(F)(F)C(F)(F)C(F)(F)C(F)(F)C(F)(F)C(F)(F)S(=O)(=O)O)c1. The predicted octanol–water partition coefficient (Wildman–Crippen LogP) is 9.26. The molecule has 0 bridgehead atoms. The van der Waals surface area contributed by atoms with Crippen molar-refractivity contribution in [1.82, 2.24) is 0 Å². The van der Waals surface area contributed by atoms with Gasteiger partial charge in [-0.05, 0) is 39.8 Å². The van der Waals surface area contributed by atoms with Gasteiger partial charge in [-0.15, -0.1) is 0 Å². The molecule has 0 saturated heterocycles. The van der Waals surface area contributed by atoms with E-state index in [1.807, 2.05) is 0 Å². The molecule has 0 saturated carbocycles. The molecule has 0 fully saturated rings. The molecule has 0 amide bonds. The molecule has 1 rings (SSSR count). The Bertz CT molecular complexity index is 1310. The lowest BCUT2D eigenvalue weighted by Crippen LogP contribution is -2.75. The highest BCUT2D eigenvalue weighted by atomic mass is 32.2. The second kappa shape index (κ2) is 10.4. The van der Waals surface area contributed by atoms with E-state index in [0.717, 1.165) is 12.1 Å². The maximum atomic E-state index is 14.8. The van der Waals surface area contributed by atoms with Gasteiger partial charge in [0.2, 0.25) is 0 Å². The summed E-state index contributed by atoms with van der Waals surface area (Å²) in [7, 11) is -7.90. The highest BCUT2D eigenvalue weighted by Crippen LogP contribution is 2.65. The molecular formula is C22H22F16O3S2. The lowest BCUT2D eigenvalue weighted by Gasteiger charge is -2.43. The number of halogens is 16. The Labute approximate surface area is 238 Å². The molecule has 43 heavy (non-hydrogen) atoms. The van der Waals surface area contributed by atoms with Crippen molar-refractivity contribution in [3.05, 3.63) is 29.3 Å². The van der Waals surface area contributed by atoms with Gasteiger partial charge in [-0.3, -0.25) is 4.55 Å². The van der Waals surface area contributed by atoms with Gasteiger partial charge in [-0.25, -0.2) is 0 Å². The summed E-state index contributed by atoms with van der Waals surface area (Å²) in [6.07, 6.45) is 0. The number of hydrogen-bond donors (Lipinski definition) is 1. The average Bonchev–Trinajstić information content (AvgIpc) is 2.75. The predicted molar refractivity (Wildman–Crippen MR) is 121 cm³/mol. The summed E-state index contributed by atoms with van der Waals surface area (Å²) in [4.78, 5) is -1.01. The van der Waals surface area contributed by atoms with Crippen LogP contribution in [0.5, 0.6) is 0 Å². The molecule has 0 aliphatic carbocycles. The van der Waals surface area contributed by atoms with Crippen LogP contribution in [0.4, 0.5) is 70.2 Å². The van der Waals surface area contributed by atoms with Gasteiger partial charge in [0, 0.05) is 4.90 Å². The second-order valence-electron chi connectivity index (χ2n) is 11.3. The normalized spacial score (nSPS) is 16.1. The highest BCUT2D eigenvalue weighted by molar-refractivity contribution is 8.00. The van der Waals surface area contributed by atoms with E-state index >= 15 is 0 Å². The Morgan fingerprint density at radius 2 is 0.907 bits per heavy atom. The van der Waals surface area contributed by atoms with E-state index in [0.29, 0.717) is 0 Å². The Morgan fingerprint density at radius 1 is 0.558 bits per heavy atom. The number of thioether (sulfide) groups is 1. The first-order valence-corrected chi connectivity index (χ1v) is 13.4. The van der Waals surface area contributed by atoms with Crippen LogP contribution in [0.3, 0.4) is 0 Å². The van der Waals surface area contributed by atoms with Gasteiger partial charge < -0.3 is 0 Å². The second-order valence-corrected chi connectivity index (χ2v) is 13.9. The van der Waals surface area contributed by atoms with Gasteiger partial charge in [0.1, 0.15) is 0 Å². The topological polar surface area (TPSA) is 54.4 Å². The first kappa shape index (κ1) is 39.4. The maximum absolute atomic E-state index is 14.8. The average molecular weight is 703 g/mol. The Kier molecular flexibility index (Phi) is 9.57. The molecular weight excluding hydrogens is 680 g/mol. The first-order chi connectivity index (χ1) is 18.3. The Hall–Kier alpha value is -1.64. The van der Waals surface area contributed by atoms with Crippen molar-refractivity contribution in [2.24, 2.45) is 0 Å². The van der Waals surface area contributed by atoms with Crippen molar-refractivity contribution < 1.29 is 83.2 Å². The Morgan fingerprint density at radius 3 is 1.23 bits per heavy atom. The van der Waals surface area contributed by atoms with Crippen LogP contribution >= 0.6 is 11.8 Å². The monoisotopic (exact) mass is 702 g/mol. The fraction of sp³-hybridized carbons (Fsp3) is 0.727. The molecule has 1 aromatic rings. The van der Waals surface area contributed by atoms with Gasteiger partial charge in [0.15, 0.2) is 0 Å². The summed E-state index contributed by atoms with van der Waals surface area (Å²) < 4.78 is 253. The zero-order valence-corrected chi connectivity index (χ0v) is 24.0.